The summed E-state index contributed by atoms with van der Waals surface area (Å²) in [5.74, 6) is 0.835. The summed E-state index contributed by atoms with van der Waals surface area (Å²) in [6, 6.07) is 14.7. The Hall–Kier alpha value is -3.48. The largest absolute Gasteiger partial charge is 0.356 e. The number of rotatable bonds is 5. The van der Waals surface area contributed by atoms with Gasteiger partial charge in [-0.05, 0) is 68.3 Å². The van der Waals surface area contributed by atoms with E-state index in [1.807, 2.05) is 25.1 Å². The molecule has 2 N–H and O–H groups in total. The Labute approximate surface area is 168 Å². The monoisotopic (exact) mass is 391 g/mol. The molecule has 3 aromatic rings. The predicted molar refractivity (Wildman–Crippen MR) is 112 cm³/mol. The molecule has 1 aromatic heterocycles. The van der Waals surface area contributed by atoms with E-state index in [0.29, 0.717) is 17.2 Å². The van der Waals surface area contributed by atoms with Gasteiger partial charge in [0.1, 0.15) is 11.6 Å². The molecule has 1 fully saturated rings. The van der Waals surface area contributed by atoms with Crippen LogP contribution in [0.4, 0.5) is 27.5 Å². The molecule has 1 aliphatic heterocycles. The van der Waals surface area contributed by atoms with Gasteiger partial charge in [0.15, 0.2) is 0 Å². The first-order valence-corrected chi connectivity index (χ1v) is 9.61. The van der Waals surface area contributed by atoms with Gasteiger partial charge >= 0.3 is 0 Å². The molecule has 4 rings (SSSR count). The molecule has 0 saturated carbocycles. The van der Waals surface area contributed by atoms with Crippen LogP contribution in [0, 0.1) is 12.7 Å². The molecule has 0 atom stereocenters. The summed E-state index contributed by atoms with van der Waals surface area (Å²) in [6.07, 6.45) is 2.38. The third-order valence-corrected chi connectivity index (χ3v) is 4.78. The summed E-state index contributed by atoms with van der Waals surface area (Å²) in [5, 5.41) is 6.02. The molecule has 7 heteroatoms. The average molecular weight is 391 g/mol. The number of carbonyl (C=O) groups is 1. The molecule has 2 heterocycles. The summed E-state index contributed by atoms with van der Waals surface area (Å²) in [6.45, 7) is 4.01. The van der Waals surface area contributed by atoms with Gasteiger partial charge in [-0.25, -0.2) is 9.37 Å². The molecule has 0 spiro atoms. The van der Waals surface area contributed by atoms with Crippen LogP contribution in [-0.2, 0) is 0 Å². The van der Waals surface area contributed by atoms with Crippen LogP contribution in [0.1, 0.15) is 28.9 Å². The van der Waals surface area contributed by atoms with Crippen LogP contribution in [0.15, 0.2) is 54.6 Å². The van der Waals surface area contributed by atoms with Gasteiger partial charge in [0, 0.05) is 41.8 Å². The summed E-state index contributed by atoms with van der Waals surface area (Å²) in [5.41, 5.74) is 2.78. The van der Waals surface area contributed by atoms with E-state index in [9.17, 15) is 9.18 Å². The fourth-order valence-electron chi connectivity index (χ4n) is 3.29. The number of hydrogen-bond acceptors (Lipinski definition) is 5. The number of nitrogens with zero attached hydrogens (tertiary/aromatic N) is 3. The van der Waals surface area contributed by atoms with E-state index in [-0.39, 0.29) is 11.7 Å². The van der Waals surface area contributed by atoms with Crippen molar-refractivity contribution in [1.82, 2.24) is 9.97 Å². The Kier molecular flexibility index (Phi) is 5.37. The van der Waals surface area contributed by atoms with Crippen molar-refractivity contribution in [3.63, 3.8) is 0 Å². The van der Waals surface area contributed by atoms with Gasteiger partial charge in [-0.2, -0.15) is 4.98 Å². The van der Waals surface area contributed by atoms with Crippen molar-refractivity contribution in [1.29, 1.82) is 0 Å². The molecule has 6 nitrogen and oxygen atoms in total. The second-order valence-electron chi connectivity index (χ2n) is 7.05. The minimum Gasteiger partial charge on any atom is -0.356 e. The molecule has 0 bridgehead atoms. The summed E-state index contributed by atoms with van der Waals surface area (Å²) < 4.78 is 13.0. The molecular weight excluding hydrogens is 369 g/mol. The van der Waals surface area contributed by atoms with Gasteiger partial charge in [-0.1, -0.05) is 0 Å². The standard InChI is InChI=1S/C22H22FN5O/c1-15-14-20(28-12-2-3-13-28)27-22(24-15)26-19-10-8-18(9-11-19)25-21(29)16-4-6-17(23)7-5-16/h4-11,14H,2-3,12-13H2,1H3,(H,25,29)(H,24,26,27). The van der Waals surface area contributed by atoms with Crippen molar-refractivity contribution in [2.45, 2.75) is 19.8 Å². The average Bonchev–Trinajstić information content (AvgIpc) is 3.24. The number of benzene rings is 2. The Morgan fingerprint density at radius 2 is 1.62 bits per heavy atom. The Morgan fingerprint density at radius 3 is 2.31 bits per heavy atom. The number of nitrogens with one attached hydrogen (secondary N) is 2. The minimum absolute atomic E-state index is 0.289. The minimum atomic E-state index is -0.372. The number of aromatic nitrogens is 2. The van der Waals surface area contributed by atoms with Crippen molar-refractivity contribution < 1.29 is 9.18 Å². The van der Waals surface area contributed by atoms with Gasteiger partial charge in [0.25, 0.3) is 5.91 Å². The first-order chi connectivity index (χ1) is 14.1. The normalized spacial score (nSPS) is 13.4. The van der Waals surface area contributed by atoms with E-state index in [1.165, 1.54) is 37.1 Å². The SMILES string of the molecule is Cc1cc(N2CCCC2)nc(Nc2ccc(NC(=O)c3ccc(F)cc3)cc2)n1. The number of anilines is 4. The van der Waals surface area contributed by atoms with E-state index >= 15 is 0 Å². The molecule has 148 valence electrons. The zero-order valence-electron chi connectivity index (χ0n) is 16.2. The first kappa shape index (κ1) is 18.9. The maximum atomic E-state index is 13.0. The van der Waals surface area contributed by atoms with Crippen LogP contribution in [-0.4, -0.2) is 29.0 Å². The van der Waals surface area contributed by atoms with E-state index in [1.54, 1.807) is 12.1 Å². The van der Waals surface area contributed by atoms with Crippen LogP contribution in [0.5, 0.6) is 0 Å². The molecule has 1 aliphatic rings. The Bertz CT molecular complexity index is 999. The van der Waals surface area contributed by atoms with Crippen LogP contribution in [0.3, 0.4) is 0 Å². The lowest BCUT2D eigenvalue weighted by Gasteiger charge is -2.17. The van der Waals surface area contributed by atoms with Gasteiger partial charge in [0.2, 0.25) is 5.95 Å². The fourth-order valence-corrected chi connectivity index (χ4v) is 3.29. The summed E-state index contributed by atoms with van der Waals surface area (Å²) >= 11 is 0. The lowest BCUT2D eigenvalue weighted by atomic mass is 10.2. The summed E-state index contributed by atoms with van der Waals surface area (Å²) in [4.78, 5) is 23.6. The predicted octanol–water partition coefficient (Wildman–Crippen LogP) is 4.52. The second-order valence-corrected chi connectivity index (χ2v) is 7.05. The van der Waals surface area contributed by atoms with Gasteiger partial charge in [0.05, 0.1) is 0 Å². The number of carbonyl (C=O) groups excluding carboxylic acids is 1. The maximum Gasteiger partial charge on any atom is 0.255 e. The topological polar surface area (TPSA) is 70.2 Å². The second kappa shape index (κ2) is 8.26. The number of hydrogen-bond donors (Lipinski definition) is 2. The zero-order chi connectivity index (χ0) is 20.2. The molecule has 2 aromatic carbocycles. The smallest absolute Gasteiger partial charge is 0.255 e. The van der Waals surface area contributed by atoms with Gasteiger partial charge in [-0.15, -0.1) is 0 Å². The Balaban J connectivity index is 1.43. The Morgan fingerprint density at radius 1 is 0.966 bits per heavy atom. The van der Waals surface area contributed by atoms with E-state index < -0.39 is 0 Å². The quantitative estimate of drug-likeness (QED) is 0.669. The van der Waals surface area contributed by atoms with Crippen molar-refractivity contribution in [2.75, 3.05) is 28.6 Å². The molecular formula is C22H22FN5O. The van der Waals surface area contributed by atoms with E-state index in [0.717, 1.165) is 30.3 Å². The highest BCUT2D eigenvalue weighted by Crippen LogP contribution is 2.22. The highest BCUT2D eigenvalue weighted by Gasteiger charge is 2.15. The third kappa shape index (κ3) is 4.68. The highest BCUT2D eigenvalue weighted by molar-refractivity contribution is 6.04. The number of amides is 1. The number of halogens is 1. The highest BCUT2D eigenvalue weighted by atomic mass is 19.1. The van der Waals surface area contributed by atoms with Crippen molar-refractivity contribution in [2.24, 2.45) is 0 Å². The van der Waals surface area contributed by atoms with E-state index in [2.05, 4.69) is 25.5 Å². The molecule has 29 heavy (non-hydrogen) atoms. The molecule has 1 amide bonds. The molecule has 1 saturated heterocycles. The molecule has 0 radical (unpaired) electrons. The van der Waals surface area contributed by atoms with Gasteiger partial charge in [-0.3, -0.25) is 4.79 Å². The zero-order valence-corrected chi connectivity index (χ0v) is 16.2. The number of aryl methyl sites for hydroxylation is 1. The van der Waals surface area contributed by atoms with Crippen molar-refractivity contribution in [3.8, 4) is 0 Å². The summed E-state index contributed by atoms with van der Waals surface area (Å²) in [7, 11) is 0. The van der Waals surface area contributed by atoms with Crippen molar-refractivity contribution in [3.05, 3.63) is 71.7 Å². The van der Waals surface area contributed by atoms with Crippen LogP contribution in [0.25, 0.3) is 0 Å². The third-order valence-electron chi connectivity index (χ3n) is 4.78. The van der Waals surface area contributed by atoms with Crippen molar-refractivity contribution >= 4 is 29.0 Å². The first-order valence-electron chi connectivity index (χ1n) is 9.61. The molecule has 0 aliphatic carbocycles. The van der Waals surface area contributed by atoms with Crippen LogP contribution < -0.4 is 15.5 Å². The van der Waals surface area contributed by atoms with Gasteiger partial charge < -0.3 is 15.5 Å². The van der Waals surface area contributed by atoms with Crippen LogP contribution >= 0.6 is 0 Å². The fraction of sp³-hybridized carbons (Fsp3) is 0.227. The maximum absolute atomic E-state index is 13.0. The van der Waals surface area contributed by atoms with E-state index in [4.69, 9.17) is 0 Å². The lowest BCUT2D eigenvalue weighted by molar-refractivity contribution is 0.102. The lowest BCUT2D eigenvalue weighted by Crippen LogP contribution is -2.19. The molecule has 0 unspecified atom stereocenters. The van der Waals surface area contributed by atoms with Crippen LogP contribution in [0.2, 0.25) is 0 Å².